The predicted molar refractivity (Wildman–Crippen MR) is 94.0 cm³/mol. The number of guanidine groups is 1. The fourth-order valence-corrected chi connectivity index (χ4v) is 2.34. The van der Waals surface area contributed by atoms with E-state index in [4.69, 9.17) is 27.9 Å². The molecule has 1 aromatic rings. The molecule has 0 unspecified atom stereocenters. The van der Waals surface area contributed by atoms with Gasteiger partial charge in [-0.25, -0.2) is 4.99 Å². The summed E-state index contributed by atoms with van der Waals surface area (Å²) in [5, 5.41) is 7.65. The van der Waals surface area contributed by atoms with Gasteiger partial charge in [0.05, 0.1) is 11.6 Å². The van der Waals surface area contributed by atoms with Crippen LogP contribution >= 0.6 is 23.2 Å². The van der Waals surface area contributed by atoms with Gasteiger partial charge in [-0.15, -0.1) is 0 Å². The van der Waals surface area contributed by atoms with Gasteiger partial charge in [-0.2, -0.15) is 0 Å². The number of aliphatic imine (C=N–C) groups is 1. The lowest BCUT2D eigenvalue weighted by atomic mass is 10.3. The van der Waals surface area contributed by atoms with Crippen LogP contribution in [0.15, 0.2) is 11.1 Å². The lowest BCUT2D eigenvalue weighted by molar-refractivity contribution is 0.143. The lowest BCUT2D eigenvalue weighted by Gasteiger charge is -2.11. The molecular formula is C15H26Cl2N4O. The van der Waals surface area contributed by atoms with E-state index in [-0.39, 0.29) is 0 Å². The van der Waals surface area contributed by atoms with Crippen LogP contribution in [0.2, 0.25) is 10.2 Å². The van der Waals surface area contributed by atoms with Gasteiger partial charge in [0.15, 0.2) is 5.96 Å². The van der Waals surface area contributed by atoms with E-state index in [0.717, 1.165) is 50.8 Å². The van der Waals surface area contributed by atoms with Gasteiger partial charge in [-0.1, -0.05) is 23.2 Å². The molecule has 0 saturated carbocycles. The van der Waals surface area contributed by atoms with E-state index < -0.39 is 0 Å². The average molecular weight is 349 g/mol. The molecule has 0 atom stereocenters. The number of halogens is 2. The van der Waals surface area contributed by atoms with Gasteiger partial charge in [0.25, 0.3) is 0 Å². The number of rotatable bonds is 9. The van der Waals surface area contributed by atoms with Crippen LogP contribution in [0.3, 0.4) is 0 Å². The third kappa shape index (κ3) is 6.46. The maximum absolute atomic E-state index is 6.06. The maximum atomic E-state index is 6.06. The van der Waals surface area contributed by atoms with Crippen LogP contribution < -0.4 is 10.6 Å². The fraction of sp³-hybridized carbons (Fsp3) is 0.667. The minimum absolute atomic E-state index is 0.525. The van der Waals surface area contributed by atoms with Crippen molar-refractivity contribution in [3.8, 4) is 0 Å². The Hall–Kier alpha value is -0.910. The second-order valence-corrected chi connectivity index (χ2v) is 5.62. The van der Waals surface area contributed by atoms with Gasteiger partial charge < -0.3 is 19.9 Å². The molecule has 22 heavy (non-hydrogen) atoms. The van der Waals surface area contributed by atoms with Gasteiger partial charge in [-0.3, -0.25) is 0 Å². The zero-order valence-corrected chi connectivity index (χ0v) is 15.1. The summed E-state index contributed by atoms with van der Waals surface area (Å²) in [5.41, 5.74) is 0.976. The van der Waals surface area contributed by atoms with Crippen molar-refractivity contribution in [1.82, 2.24) is 15.2 Å². The summed E-state index contributed by atoms with van der Waals surface area (Å²) in [4.78, 5) is 4.56. The van der Waals surface area contributed by atoms with E-state index in [9.17, 15) is 0 Å². The molecule has 1 aromatic heterocycles. The number of ether oxygens (including phenoxy) is 1. The quantitative estimate of drug-likeness (QED) is 0.409. The van der Waals surface area contributed by atoms with Crippen molar-refractivity contribution in [2.75, 3.05) is 26.3 Å². The predicted octanol–water partition coefficient (Wildman–Crippen LogP) is 3.20. The van der Waals surface area contributed by atoms with Crippen LogP contribution in [0.4, 0.5) is 0 Å². The van der Waals surface area contributed by atoms with Crippen molar-refractivity contribution in [2.24, 2.45) is 12.0 Å². The molecule has 126 valence electrons. The number of hydrogen-bond acceptors (Lipinski definition) is 2. The van der Waals surface area contributed by atoms with Gasteiger partial charge in [-0.05, 0) is 32.8 Å². The molecule has 0 radical (unpaired) electrons. The van der Waals surface area contributed by atoms with Crippen LogP contribution in [0.1, 0.15) is 32.4 Å². The Kier molecular flexibility index (Phi) is 9.36. The Labute approximate surface area is 143 Å². The first-order valence-electron chi connectivity index (χ1n) is 7.69. The van der Waals surface area contributed by atoms with E-state index in [1.165, 1.54) is 0 Å². The summed E-state index contributed by atoms with van der Waals surface area (Å²) >= 11 is 12.1. The lowest BCUT2D eigenvalue weighted by Crippen LogP contribution is -2.37. The molecule has 0 spiro atoms. The zero-order valence-electron chi connectivity index (χ0n) is 13.6. The highest BCUT2D eigenvalue weighted by Gasteiger charge is 2.08. The molecule has 1 heterocycles. The highest BCUT2D eigenvalue weighted by molar-refractivity contribution is 6.41. The topological polar surface area (TPSA) is 50.6 Å². The van der Waals surface area contributed by atoms with E-state index in [1.54, 1.807) is 0 Å². The first-order chi connectivity index (χ1) is 10.6. The molecular weight excluding hydrogens is 323 g/mol. The maximum Gasteiger partial charge on any atom is 0.191 e. The summed E-state index contributed by atoms with van der Waals surface area (Å²) in [6.45, 7) is 7.86. The molecule has 0 bridgehead atoms. The van der Waals surface area contributed by atoms with E-state index in [0.29, 0.717) is 16.7 Å². The Bertz CT molecular complexity index is 474. The number of hydrogen-bond donors (Lipinski definition) is 2. The summed E-state index contributed by atoms with van der Waals surface area (Å²) < 4.78 is 7.16. The van der Waals surface area contributed by atoms with Crippen LogP contribution in [-0.2, 0) is 18.3 Å². The van der Waals surface area contributed by atoms with Gasteiger partial charge in [0.1, 0.15) is 5.15 Å². The van der Waals surface area contributed by atoms with Crippen molar-refractivity contribution in [3.63, 3.8) is 0 Å². The first kappa shape index (κ1) is 19.1. The molecule has 0 fully saturated rings. The van der Waals surface area contributed by atoms with E-state index in [1.807, 2.05) is 31.5 Å². The smallest absolute Gasteiger partial charge is 0.191 e. The number of nitrogens with one attached hydrogen (secondary N) is 2. The van der Waals surface area contributed by atoms with Crippen molar-refractivity contribution in [1.29, 1.82) is 0 Å². The minimum Gasteiger partial charge on any atom is -0.382 e. The highest BCUT2D eigenvalue weighted by Crippen LogP contribution is 2.25. The Morgan fingerprint density at radius 1 is 1.27 bits per heavy atom. The monoisotopic (exact) mass is 348 g/mol. The second kappa shape index (κ2) is 10.8. The van der Waals surface area contributed by atoms with Crippen molar-refractivity contribution in [3.05, 3.63) is 21.9 Å². The summed E-state index contributed by atoms with van der Waals surface area (Å²) in [7, 11) is 1.88. The van der Waals surface area contributed by atoms with Crippen LogP contribution in [0.25, 0.3) is 0 Å². The highest BCUT2D eigenvalue weighted by atomic mass is 35.5. The summed E-state index contributed by atoms with van der Waals surface area (Å²) in [5.74, 6) is 0.798. The first-order valence-corrected chi connectivity index (χ1v) is 8.45. The van der Waals surface area contributed by atoms with Crippen molar-refractivity contribution in [2.45, 2.75) is 33.2 Å². The molecule has 5 nitrogen and oxygen atoms in total. The van der Waals surface area contributed by atoms with Gasteiger partial charge >= 0.3 is 0 Å². The number of aromatic nitrogens is 1. The molecule has 0 aliphatic rings. The third-order valence-electron chi connectivity index (χ3n) is 3.17. The van der Waals surface area contributed by atoms with Crippen LogP contribution in [0.5, 0.6) is 0 Å². The summed E-state index contributed by atoms with van der Waals surface area (Å²) in [6.07, 6.45) is 2.09. The van der Waals surface area contributed by atoms with E-state index >= 15 is 0 Å². The Balaban J connectivity index is 2.46. The Morgan fingerprint density at radius 3 is 2.64 bits per heavy atom. The van der Waals surface area contributed by atoms with Crippen molar-refractivity contribution < 1.29 is 4.74 Å². The van der Waals surface area contributed by atoms with Crippen LogP contribution in [0, 0.1) is 0 Å². The molecule has 0 aromatic carbocycles. The number of nitrogens with zero attached hydrogens (tertiary/aromatic N) is 2. The molecule has 2 N–H and O–H groups in total. The second-order valence-electron chi connectivity index (χ2n) is 4.86. The molecule has 1 rings (SSSR count). The molecule has 0 amide bonds. The van der Waals surface area contributed by atoms with Gasteiger partial charge in [0, 0.05) is 39.0 Å². The SMILES string of the molecule is CCNC(=NCc1cc(Cl)c(Cl)n1C)NCCCCOCC. The average Bonchev–Trinajstić information content (AvgIpc) is 2.75. The van der Waals surface area contributed by atoms with Crippen LogP contribution in [-0.4, -0.2) is 36.8 Å². The minimum atomic E-state index is 0.525. The normalized spacial score (nSPS) is 11.8. The summed E-state index contributed by atoms with van der Waals surface area (Å²) in [6, 6.07) is 1.85. The largest absolute Gasteiger partial charge is 0.382 e. The standard InChI is InChI=1S/C15H26Cl2N4O/c1-4-18-15(19-8-6-7-9-22-5-2)20-11-12-10-13(16)14(17)21(12)3/h10H,4-9,11H2,1-3H3,(H2,18,19,20). The zero-order chi connectivity index (χ0) is 16.4. The van der Waals surface area contributed by atoms with E-state index in [2.05, 4.69) is 15.6 Å². The third-order valence-corrected chi connectivity index (χ3v) is 4.01. The molecule has 0 aliphatic heterocycles. The van der Waals surface area contributed by atoms with Gasteiger partial charge in [0.2, 0.25) is 0 Å². The Morgan fingerprint density at radius 2 is 2.05 bits per heavy atom. The molecule has 0 aliphatic carbocycles. The molecule has 7 heteroatoms. The number of unbranched alkanes of at least 4 members (excludes halogenated alkanes) is 1. The van der Waals surface area contributed by atoms with Crippen molar-refractivity contribution >= 4 is 29.2 Å². The molecule has 0 saturated heterocycles. The fourth-order valence-electron chi connectivity index (χ4n) is 1.92.